The van der Waals surface area contributed by atoms with Crippen molar-refractivity contribution in [2.24, 2.45) is 5.41 Å². The van der Waals surface area contributed by atoms with Crippen LogP contribution in [0.2, 0.25) is 5.02 Å². The molecule has 17 heavy (non-hydrogen) atoms. The highest BCUT2D eigenvalue weighted by atomic mass is 35.5. The van der Waals surface area contributed by atoms with E-state index in [2.05, 4.69) is 0 Å². The van der Waals surface area contributed by atoms with Gasteiger partial charge in [-0.25, -0.2) is 0 Å². The molecule has 1 aromatic heterocycles. The Morgan fingerprint density at radius 1 is 1.29 bits per heavy atom. The molecule has 0 bridgehead atoms. The first kappa shape index (κ1) is 12.2. The lowest BCUT2D eigenvalue weighted by atomic mass is 9.89. The van der Waals surface area contributed by atoms with E-state index < -0.39 is 5.41 Å². The Balaban J connectivity index is 2.64. The Kier molecular flexibility index (Phi) is 2.78. The van der Waals surface area contributed by atoms with E-state index in [1.165, 1.54) is 0 Å². The molecule has 0 saturated carbocycles. The van der Waals surface area contributed by atoms with Gasteiger partial charge in [-0.05, 0) is 24.6 Å². The van der Waals surface area contributed by atoms with Crippen LogP contribution in [0.5, 0.6) is 0 Å². The number of ketones is 1. The molecule has 0 saturated heterocycles. The van der Waals surface area contributed by atoms with Crippen molar-refractivity contribution in [2.45, 2.75) is 27.7 Å². The molecule has 0 N–H and O–H groups in total. The molecule has 0 aliphatic rings. The van der Waals surface area contributed by atoms with Crippen molar-refractivity contribution in [3.8, 4) is 0 Å². The van der Waals surface area contributed by atoms with Gasteiger partial charge in [0.05, 0.1) is 5.02 Å². The van der Waals surface area contributed by atoms with E-state index >= 15 is 0 Å². The van der Waals surface area contributed by atoms with E-state index in [0.29, 0.717) is 16.4 Å². The molecule has 0 aliphatic heterocycles. The first-order chi connectivity index (χ1) is 7.80. The van der Waals surface area contributed by atoms with Crippen molar-refractivity contribution in [3.05, 3.63) is 34.5 Å². The molecule has 0 fully saturated rings. The molecular formula is C14H15ClO2. The number of rotatable bonds is 1. The summed E-state index contributed by atoms with van der Waals surface area (Å²) in [6.45, 7) is 7.55. The number of aryl methyl sites for hydroxylation is 1. The van der Waals surface area contributed by atoms with Crippen LogP contribution < -0.4 is 0 Å². The Morgan fingerprint density at radius 2 is 1.94 bits per heavy atom. The minimum absolute atomic E-state index is 0.0100. The molecule has 0 spiro atoms. The molecule has 0 atom stereocenters. The number of benzene rings is 1. The SMILES string of the molecule is Cc1ccc(Cl)c2cc(C(=O)C(C)(C)C)oc12. The number of furan rings is 1. The number of Topliss-reactive ketones (excluding diaryl/α,β-unsaturated/α-hetero) is 1. The smallest absolute Gasteiger partial charge is 0.203 e. The molecule has 2 aromatic rings. The van der Waals surface area contributed by atoms with Gasteiger partial charge in [-0.15, -0.1) is 0 Å². The lowest BCUT2D eigenvalue weighted by Crippen LogP contribution is -2.19. The second-order valence-corrected chi connectivity index (χ2v) is 5.70. The predicted octanol–water partition coefficient (Wildman–Crippen LogP) is 4.62. The molecule has 0 unspecified atom stereocenters. The van der Waals surface area contributed by atoms with Gasteiger partial charge in [0.1, 0.15) is 5.58 Å². The van der Waals surface area contributed by atoms with Crippen molar-refractivity contribution in [3.63, 3.8) is 0 Å². The van der Waals surface area contributed by atoms with Gasteiger partial charge in [-0.3, -0.25) is 4.79 Å². The number of carbonyl (C=O) groups excluding carboxylic acids is 1. The fraction of sp³-hybridized carbons (Fsp3) is 0.357. The lowest BCUT2D eigenvalue weighted by Gasteiger charge is -2.13. The summed E-state index contributed by atoms with van der Waals surface area (Å²) in [6.07, 6.45) is 0. The van der Waals surface area contributed by atoms with E-state index in [-0.39, 0.29) is 5.78 Å². The van der Waals surface area contributed by atoms with Gasteiger partial charge < -0.3 is 4.42 Å². The van der Waals surface area contributed by atoms with Crippen LogP contribution in [0, 0.1) is 12.3 Å². The van der Waals surface area contributed by atoms with Crippen LogP contribution in [0.4, 0.5) is 0 Å². The average molecular weight is 251 g/mol. The van der Waals surface area contributed by atoms with E-state index in [4.69, 9.17) is 16.0 Å². The first-order valence-corrected chi connectivity index (χ1v) is 5.92. The third kappa shape index (κ3) is 2.09. The average Bonchev–Trinajstić information content (AvgIpc) is 2.67. The third-order valence-corrected chi connectivity index (χ3v) is 3.06. The largest absolute Gasteiger partial charge is 0.453 e. The summed E-state index contributed by atoms with van der Waals surface area (Å²) in [5, 5.41) is 1.42. The second kappa shape index (κ2) is 3.88. The molecule has 0 amide bonds. The molecule has 2 rings (SSSR count). The van der Waals surface area contributed by atoms with Crippen LogP contribution >= 0.6 is 11.6 Å². The monoisotopic (exact) mass is 250 g/mol. The summed E-state index contributed by atoms with van der Waals surface area (Å²) in [5.74, 6) is 0.368. The molecule has 1 heterocycles. The van der Waals surface area contributed by atoms with Crippen LogP contribution in [0.1, 0.15) is 36.9 Å². The molecule has 0 aliphatic carbocycles. The van der Waals surface area contributed by atoms with E-state index in [1.807, 2.05) is 39.8 Å². The highest BCUT2D eigenvalue weighted by Crippen LogP contribution is 2.32. The summed E-state index contributed by atoms with van der Waals surface area (Å²) in [7, 11) is 0. The Hall–Kier alpha value is -1.28. The molecule has 1 aromatic carbocycles. The second-order valence-electron chi connectivity index (χ2n) is 5.30. The van der Waals surface area contributed by atoms with Crippen molar-refractivity contribution >= 4 is 28.4 Å². The van der Waals surface area contributed by atoms with Crippen molar-refractivity contribution in [1.29, 1.82) is 0 Å². The van der Waals surface area contributed by atoms with Crippen molar-refractivity contribution in [2.75, 3.05) is 0 Å². The van der Waals surface area contributed by atoms with Crippen LogP contribution in [0.15, 0.2) is 22.6 Å². The number of hydrogen-bond acceptors (Lipinski definition) is 2. The van der Waals surface area contributed by atoms with Gasteiger partial charge in [0.2, 0.25) is 5.78 Å². The van der Waals surface area contributed by atoms with Crippen LogP contribution in [0.25, 0.3) is 11.0 Å². The highest BCUT2D eigenvalue weighted by molar-refractivity contribution is 6.35. The van der Waals surface area contributed by atoms with E-state index in [0.717, 1.165) is 10.9 Å². The Morgan fingerprint density at radius 3 is 2.47 bits per heavy atom. The molecule has 90 valence electrons. The zero-order valence-electron chi connectivity index (χ0n) is 10.4. The number of carbonyl (C=O) groups is 1. The molecule has 0 radical (unpaired) electrons. The van der Waals surface area contributed by atoms with Crippen LogP contribution in [-0.4, -0.2) is 5.78 Å². The number of halogens is 1. The highest BCUT2D eigenvalue weighted by Gasteiger charge is 2.26. The maximum Gasteiger partial charge on any atom is 0.203 e. The van der Waals surface area contributed by atoms with Crippen molar-refractivity contribution < 1.29 is 9.21 Å². The summed E-state index contributed by atoms with van der Waals surface area (Å²) >= 11 is 6.09. The van der Waals surface area contributed by atoms with Gasteiger partial charge in [-0.2, -0.15) is 0 Å². The molecular weight excluding hydrogens is 236 g/mol. The van der Waals surface area contributed by atoms with E-state index in [9.17, 15) is 4.79 Å². The zero-order chi connectivity index (χ0) is 12.8. The fourth-order valence-electron chi connectivity index (χ4n) is 1.71. The summed E-state index contributed by atoms with van der Waals surface area (Å²) < 4.78 is 5.63. The van der Waals surface area contributed by atoms with E-state index in [1.54, 1.807) is 6.07 Å². The van der Waals surface area contributed by atoms with Gasteiger partial charge in [0, 0.05) is 10.8 Å². The quantitative estimate of drug-likeness (QED) is 0.691. The summed E-state index contributed by atoms with van der Waals surface area (Å²) in [4.78, 5) is 12.1. The van der Waals surface area contributed by atoms with Gasteiger partial charge in [0.25, 0.3) is 0 Å². The van der Waals surface area contributed by atoms with Gasteiger partial charge in [0.15, 0.2) is 5.76 Å². The first-order valence-electron chi connectivity index (χ1n) is 5.54. The molecule has 3 heteroatoms. The van der Waals surface area contributed by atoms with Gasteiger partial charge in [-0.1, -0.05) is 38.4 Å². The molecule has 2 nitrogen and oxygen atoms in total. The fourth-order valence-corrected chi connectivity index (χ4v) is 1.91. The summed E-state index contributed by atoms with van der Waals surface area (Å²) in [5.41, 5.74) is 1.23. The summed E-state index contributed by atoms with van der Waals surface area (Å²) in [6, 6.07) is 5.44. The topological polar surface area (TPSA) is 30.2 Å². The van der Waals surface area contributed by atoms with Gasteiger partial charge >= 0.3 is 0 Å². The normalized spacial score (nSPS) is 12.1. The zero-order valence-corrected chi connectivity index (χ0v) is 11.2. The minimum Gasteiger partial charge on any atom is -0.453 e. The maximum absolute atomic E-state index is 12.1. The standard InChI is InChI=1S/C14H15ClO2/c1-8-5-6-10(15)9-7-11(17-12(8)9)13(16)14(2,3)4/h5-7H,1-4H3. The maximum atomic E-state index is 12.1. The Labute approximate surface area is 106 Å². The van der Waals surface area contributed by atoms with Crippen LogP contribution in [-0.2, 0) is 0 Å². The number of fused-ring (bicyclic) bond motifs is 1. The van der Waals surface area contributed by atoms with Crippen molar-refractivity contribution in [1.82, 2.24) is 0 Å². The van der Waals surface area contributed by atoms with Crippen LogP contribution in [0.3, 0.4) is 0 Å². The Bertz CT molecular complexity index is 549. The lowest BCUT2D eigenvalue weighted by molar-refractivity contribution is 0.0831. The number of hydrogen-bond donors (Lipinski definition) is 0. The minimum atomic E-state index is -0.450. The third-order valence-electron chi connectivity index (χ3n) is 2.73. The predicted molar refractivity (Wildman–Crippen MR) is 69.7 cm³/mol.